The van der Waals surface area contributed by atoms with Crippen LogP contribution in [0.2, 0.25) is 0 Å². The average molecular weight is 325 g/mol. The molecule has 0 saturated carbocycles. The van der Waals surface area contributed by atoms with E-state index in [-0.39, 0.29) is 12.0 Å². The van der Waals surface area contributed by atoms with Gasteiger partial charge >= 0.3 is 0 Å². The Labute approximate surface area is 142 Å². The van der Waals surface area contributed by atoms with Gasteiger partial charge in [0.2, 0.25) is 0 Å². The van der Waals surface area contributed by atoms with E-state index in [0.717, 1.165) is 28.9 Å². The van der Waals surface area contributed by atoms with Crippen LogP contribution < -0.4 is 14.8 Å². The lowest BCUT2D eigenvalue weighted by molar-refractivity contribution is 0.102. The van der Waals surface area contributed by atoms with Crippen LogP contribution >= 0.6 is 0 Å². The van der Waals surface area contributed by atoms with Crippen LogP contribution in [-0.2, 0) is 6.42 Å². The van der Waals surface area contributed by atoms with Gasteiger partial charge in [-0.25, -0.2) is 0 Å². The number of nitrogens with one attached hydrogen (secondary N) is 1. The predicted molar refractivity (Wildman–Crippen MR) is 95.3 cm³/mol. The number of aryl methyl sites for hydroxylation is 2. The third-order valence-corrected chi connectivity index (χ3v) is 4.03. The number of carbonyl (C=O) groups is 1. The van der Waals surface area contributed by atoms with Crippen molar-refractivity contribution in [3.05, 3.63) is 52.6 Å². The van der Waals surface area contributed by atoms with E-state index in [0.29, 0.717) is 23.6 Å². The highest BCUT2D eigenvalue weighted by molar-refractivity contribution is 6.05. The molecule has 4 heteroatoms. The number of benzene rings is 2. The van der Waals surface area contributed by atoms with Crippen molar-refractivity contribution in [1.29, 1.82) is 0 Å². The van der Waals surface area contributed by atoms with Crippen molar-refractivity contribution in [2.45, 2.75) is 40.2 Å². The van der Waals surface area contributed by atoms with Crippen molar-refractivity contribution in [2.24, 2.45) is 0 Å². The van der Waals surface area contributed by atoms with Gasteiger partial charge in [-0.05, 0) is 45.9 Å². The van der Waals surface area contributed by atoms with E-state index < -0.39 is 0 Å². The highest BCUT2D eigenvalue weighted by Gasteiger charge is 2.22. The molecule has 2 aromatic carbocycles. The van der Waals surface area contributed by atoms with Crippen LogP contribution in [-0.4, -0.2) is 18.6 Å². The summed E-state index contributed by atoms with van der Waals surface area (Å²) in [5.74, 6) is 1.36. The fraction of sp³-hybridized carbons (Fsp3) is 0.350. The molecule has 0 aliphatic carbocycles. The zero-order chi connectivity index (χ0) is 17.3. The molecule has 1 heterocycles. The van der Waals surface area contributed by atoms with Crippen LogP contribution in [0.25, 0.3) is 0 Å². The normalized spacial score (nSPS) is 15.6. The lowest BCUT2D eigenvalue weighted by Gasteiger charge is -2.14. The molecule has 3 rings (SSSR count). The fourth-order valence-electron chi connectivity index (χ4n) is 3.11. The zero-order valence-corrected chi connectivity index (χ0v) is 14.6. The Morgan fingerprint density at radius 3 is 2.58 bits per heavy atom. The maximum Gasteiger partial charge on any atom is 0.255 e. The van der Waals surface area contributed by atoms with Crippen molar-refractivity contribution < 1.29 is 14.3 Å². The molecule has 1 N–H and O–H groups in total. The predicted octanol–water partition coefficient (Wildman–Crippen LogP) is 4.28. The third-order valence-electron chi connectivity index (χ3n) is 4.03. The second kappa shape index (κ2) is 6.56. The van der Waals surface area contributed by atoms with Gasteiger partial charge in [-0.1, -0.05) is 17.2 Å². The van der Waals surface area contributed by atoms with Crippen LogP contribution in [0.4, 0.5) is 5.69 Å². The average Bonchev–Trinajstić information content (AvgIpc) is 2.85. The summed E-state index contributed by atoms with van der Waals surface area (Å²) in [6.07, 6.45) is 1.01. The Bertz CT molecular complexity index is 762. The fourth-order valence-corrected chi connectivity index (χ4v) is 3.11. The van der Waals surface area contributed by atoms with Gasteiger partial charge < -0.3 is 14.8 Å². The summed E-state index contributed by atoms with van der Waals surface area (Å²) in [4.78, 5) is 12.6. The third kappa shape index (κ3) is 3.37. The molecule has 24 heavy (non-hydrogen) atoms. The second-order valence-electron chi connectivity index (χ2n) is 6.35. The molecule has 2 aromatic rings. The molecule has 0 fully saturated rings. The molecular weight excluding hydrogens is 302 g/mol. The van der Waals surface area contributed by atoms with Crippen LogP contribution in [0.1, 0.15) is 40.9 Å². The number of anilines is 1. The smallest absolute Gasteiger partial charge is 0.255 e. The van der Waals surface area contributed by atoms with Crippen LogP contribution in [0.3, 0.4) is 0 Å². The van der Waals surface area contributed by atoms with Gasteiger partial charge in [0.25, 0.3) is 5.91 Å². The van der Waals surface area contributed by atoms with E-state index in [1.54, 1.807) is 0 Å². The Morgan fingerprint density at radius 1 is 1.21 bits per heavy atom. The molecule has 0 unspecified atom stereocenters. The first-order valence-corrected chi connectivity index (χ1v) is 8.32. The lowest BCUT2D eigenvalue weighted by atomic mass is 10.1. The van der Waals surface area contributed by atoms with Gasteiger partial charge in [0, 0.05) is 23.6 Å². The summed E-state index contributed by atoms with van der Waals surface area (Å²) in [5, 5.41) is 2.97. The number of hydrogen-bond donors (Lipinski definition) is 1. The molecule has 1 aliphatic rings. The number of ether oxygens (including phenoxy) is 2. The van der Waals surface area contributed by atoms with Gasteiger partial charge in [0.05, 0.1) is 12.3 Å². The molecule has 126 valence electrons. The number of amides is 1. The SMILES string of the molecule is CCOc1cc2c(cc1NC(=O)c1cc(C)cc(C)c1)O[C@@H](C)C2. The molecule has 1 atom stereocenters. The Hall–Kier alpha value is -2.49. The minimum Gasteiger partial charge on any atom is -0.492 e. The van der Waals surface area contributed by atoms with E-state index in [1.165, 1.54) is 0 Å². The van der Waals surface area contributed by atoms with Crippen molar-refractivity contribution in [1.82, 2.24) is 0 Å². The quantitative estimate of drug-likeness (QED) is 0.913. The minimum atomic E-state index is -0.145. The first-order valence-electron chi connectivity index (χ1n) is 8.32. The van der Waals surface area contributed by atoms with E-state index >= 15 is 0 Å². The summed E-state index contributed by atoms with van der Waals surface area (Å²) < 4.78 is 11.5. The largest absolute Gasteiger partial charge is 0.492 e. The molecule has 0 saturated heterocycles. The molecule has 0 radical (unpaired) electrons. The lowest BCUT2D eigenvalue weighted by Crippen LogP contribution is -2.13. The van der Waals surface area contributed by atoms with Gasteiger partial charge in [0.15, 0.2) is 0 Å². The maximum absolute atomic E-state index is 12.6. The summed E-state index contributed by atoms with van der Waals surface area (Å²) in [7, 11) is 0. The highest BCUT2D eigenvalue weighted by Crippen LogP contribution is 2.38. The number of rotatable bonds is 4. The van der Waals surface area contributed by atoms with E-state index in [1.807, 2.05) is 58.0 Å². The van der Waals surface area contributed by atoms with Crippen molar-refractivity contribution in [3.63, 3.8) is 0 Å². The molecular formula is C20H23NO3. The van der Waals surface area contributed by atoms with E-state index in [9.17, 15) is 4.79 Å². The molecule has 1 aliphatic heterocycles. The van der Waals surface area contributed by atoms with E-state index in [4.69, 9.17) is 9.47 Å². The highest BCUT2D eigenvalue weighted by atomic mass is 16.5. The Morgan fingerprint density at radius 2 is 1.92 bits per heavy atom. The van der Waals surface area contributed by atoms with Gasteiger partial charge in [-0.2, -0.15) is 0 Å². The Kier molecular flexibility index (Phi) is 4.47. The number of fused-ring (bicyclic) bond motifs is 1. The summed E-state index contributed by atoms with van der Waals surface area (Å²) in [6.45, 7) is 8.48. The van der Waals surface area contributed by atoms with Crippen LogP contribution in [0, 0.1) is 13.8 Å². The summed E-state index contributed by atoms with van der Waals surface area (Å²) >= 11 is 0. The summed E-state index contributed by atoms with van der Waals surface area (Å²) in [6, 6.07) is 9.65. The van der Waals surface area contributed by atoms with Gasteiger partial charge in [0.1, 0.15) is 17.6 Å². The second-order valence-corrected chi connectivity index (χ2v) is 6.35. The van der Waals surface area contributed by atoms with E-state index in [2.05, 4.69) is 5.32 Å². The molecule has 0 spiro atoms. The molecule has 1 amide bonds. The first kappa shape index (κ1) is 16.4. The monoisotopic (exact) mass is 325 g/mol. The van der Waals surface area contributed by atoms with Crippen molar-refractivity contribution in [2.75, 3.05) is 11.9 Å². The maximum atomic E-state index is 12.6. The molecule has 0 aromatic heterocycles. The molecule has 4 nitrogen and oxygen atoms in total. The van der Waals surface area contributed by atoms with Crippen LogP contribution in [0.5, 0.6) is 11.5 Å². The summed E-state index contributed by atoms with van der Waals surface area (Å²) in [5.41, 5.74) is 4.54. The minimum absolute atomic E-state index is 0.145. The van der Waals surface area contributed by atoms with Gasteiger partial charge in [-0.3, -0.25) is 4.79 Å². The number of hydrogen-bond acceptors (Lipinski definition) is 3. The van der Waals surface area contributed by atoms with Crippen molar-refractivity contribution >= 4 is 11.6 Å². The van der Waals surface area contributed by atoms with Crippen LogP contribution in [0.15, 0.2) is 30.3 Å². The van der Waals surface area contributed by atoms with Crippen molar-refractivity contribution in [3.8, 4) is 11.5 Å². The first-order chi connectivity index (χ1) is 11.5. The Balaban J connectivity index is 1.91. The van der Waals surface area contributed by atoms with Gasteiger partial charge in [-0.15, -0.1) is 0 Å². The topological polar surface area (TPSA) is 47.6 Å². The zero-order valence-electron chi connectivity index (χ0n) is 14.6. The standard InChI is InChI=1S/C20H23NO3/c1-5-23-19-10-15-9-14(4)24-18(15)11-17(19)21-20(22)16-7-12(2)6-13(3)8-16/h6-8,10-11,14H,5,9H2,1-4H3,(H,21,22)/t14-/m0/s1. The molecule has 0 bridgehead atoms. The number of carbonyl (C=O) groups excluding carboxylic acids is 1.